The predicted octanol–water partition coefficient (Wildman–Crippen LogP) is 4.51. The molecule has 0 radical (unpaired) electrons. The van der Waals surface area contributed by atoms with Crippen LogP contribution in [0.1, 0.15) is 21.8 Å². The fourth-order valence-electron chi connectivity index (χ4n) is 4.11. The third-order valence-corrected chi connectivity index (χ3v) is 9.16. The number of aromatic nitrogens is 3. The molecule has 0 saturated carbocycles. The summed E-state index contributed by atoms with van der Waals surface area (Å²) >= 11 is 0.894. The van der Waals surface area contributed by atoms with Gasteiger partial charge >= 0.3 is 12.4 Å². The summed E-state index contributed by atoms with van der Waals surface area (Å²) in [5.74, 6) is 5.34. The topological polar surface area (TPSA) is 88.8 Å². The summed E-state index contributed by atoms with van der Waals surface area (Å²) in [4.78, 5) is 6.57. The van der Waals surface area contributed by atoms with Gasteiger partial charge in [0.15, 0.2) is 11.3 Å². The highest BCUT2D eigenvalue weighted by atomic mass is 32.2. The number of thiophene rings is 1. The Morgan fingerprint density at radius 2 is 1.67 bits per heavy atom. The quantitative estimate of drug-likeness (QED) is 0.250. The summed E-state index contributed by atoms with van der Waals surface area (Å²) in [5.41, 5.74) is -2.57. The maximum absolute atomic E-state index is 13.9. The van der Waals surface area contributed by atoms with E-state index in [9.17, 15) is 34.8 Å². The van der Waals surface area contributed by atoms with Crippen LogP contribution < -0.4 is 4.72 Å². The zero-order valence-electron chi connectivity index (χ0n) is 21.5. The molecule has 0 bridgehead atoms. The van der Waals surface area contributed by atoms with Crippen molar-refractivity contribution in [3.05, 3.63) is 70.4 Å². The van der Waals surface area contributed by atoms with E-state index in [1.807, 2.05) is 0 Å². The lowest BCUT2D eigenvalue weighted by molar-refractivity contribution is -0.142. The van der Waals surface area contributed by atoms with Gasteiger partial charge in [-0.2, -0.15) is 31.4 Å². The summed E-state index contributed by atoms with van der Waals surface area (Å²) in [7, 11) is -3.78. The molecule has 4 aromatic rings. The van der Waals surface area contributed by atoms with Crippen LogP contribution in [0.4, 0.5) is 26.3 Å². The van der Waals surface area contributed by atoms with Gasteiger partial charge in [0.05, 0.1) is 29.3 Å². The van der Waals surface area contributed by atoms with Crippen LogP contribution in [0.25, 0.3) is 16.9 Å². The summed E-state index contributed by atoms with van der Waals surface area (Å²) in [5, 5.41) is 3.89. The normalized spacial score (nSPS) is 15.1. The van der Waals surface area contributed by atoms with E-state index in [2.05, 4.69) is 31.5 Å². The molecule has 1 N–H and O–H groups in total. The minimum absolute atomic E-state index is 0.0333. The Balaban J connectivity index is 1.36. The molecule has 1 fully saturated rings. The molecule has 0 spiro atoms. The van der Waals surface area contributed by atoms with E-state index in [0.29, 0.717) is 35.2 Å². The number of morpholine rings is 1. The number of fused-ring (bicyclic) bond motifs is 1. The van der Waals surface area contributed by atoms with E-state index in [1.165, 1.54) is 18.2 Å². The fraction of sp³-hybridized carbons (Fsp3) is 0.308. The van der Waals surface area contributed by atoms with Gasteiger partial charge in [0.25, 0.3) is 0 Å². The first-order valence-electron chi connectivity index (χ1n) is 12.4. The molecule has 0 atom stereocenters. The number of halogens is 6. The minimum Gasteiger partial charge on any atom is -0.379 e. The van der Waals surface area contributed by atoms with E-state index >= 15 is 0 Å². The van der Waals surface area contributed by atoms with E-state index in [1.54, 1.807) is 0 Å². The van der Waals surface area contributed by atoms with E-state index < -0.39 is 33.6 Å². The van der Waals surface area contributed by atoms with Gasteiger partial charge in [0.1, 0.15) is 9.90 Å². The zero-order valence-corrected chi connectivity index (χ0v) is 23.1. The van der Waals surface area contributed by atoms with Crippen LogP contribution in [0, 0.1) is 11.8 Å². The SMILES string of the molecule is O=S(=O)(NCCN1CCOCC1)c1ccc(C#Cc2cc3nc(-c4ccc(C(F)(F)F)cc4)cc(C(F)(F)F)n3n2)s1. The van der Waals surface area contributed by atoms with Crippen molar-refractivity contribution in [3.63, 3.8) is 0 Å². The molecule has 1 aliphatic rings. The molecular weight excluding hydrogens is 608 g/mol. The van der Waals surface area contributed by atoms with Gasteiger partial charge in [-0.15, -0.1) is 11.3 Å². The maximum atomic E-state index is 13.9. The van der Waals surface area contributed by atoms with Gasteiger partial charge in [-0.1, -0.05) is 12.1 Å². The van der Waals surface area contributed by atoms with Gasteiger partial charge in [0, 0.05) is 37.8 Å². The third kappa shape index (κ3) is 6.93. The minimum atomic E-state index is -4.86. The average molecular weight is 630 g/mol. The van der Waals surface area contributed by atoms with Crippen LogP contribution in [0.15, 0.2) is 52.7 Å². The van der Waals surface area contributed by atoms with Crippen molar-refractivity contribution in [2.45, 2.75) is 16.6 Å². The van der Waals surface area contributed by atoms with E-state index in [0.717, 1.165) is 48.7 Å². The van der Waals surface area contributed by atoms with Crippen molar-refractivity contribution in [3.8, 4) is 23.1 Å². The van der Waals surface area contributed by atoms with Gasteiger partial charge in [-0.3, -0.25) is 4.90 Å². The lowest BCUT2D eigenvalue weighted by atomic mass is 10.1. The molecule has 8 nitrogen and oxygen atoms in total. The smallest absolute Gasteiger partial charge is 0.379 e. The molecule has 42 heavy (non-hydrogen) atoms. The van der Waals surface area contributed by atoms with Crippen molar-refractivity contribution in [1.29, 1.82) is 0 Å². The number of nitrogens with one attached hydrogen (secondary N) is 1. The molecule has 3 aromatic heterocycles. The fourth-order valence-corrected chi connectivity index (χ4v) is 6.33. The highest BCUT2D eigenvalue weighted by Gasteiger charge is 2.35. The van der Waals surface area contributed by atoms with Crippen LogP contribution in [-0.2, 0) is 27.1 Å². The molecule has 1 saturated heterocycles. The van der Waals surface area contributed by atoms with E-state index in [-0.39, 0.29) is 33.4 Å². The number of sulfonamides is 1. The number of benzene rings is 1. The van der Waals surface area contributed by atoms with Gasteiger partial charge in [-0.05, 0) is 42.2 Å². The Kier molecular flexibility index (Phi) is 8.32. The number of ether oxygens (including phenoxy) is 1. The van der Waals surface area contributed by atoms with Gasteiger partial charge < -0.3 is 4.74 Å². The maximum Gasteiger partial charge on any atom is 0.433 e. The summed E-state index contributed by atoms with van der Waals surface area (Å²) in [6.07, 6.45) is -9.45. The zero-order chi connectivity index (χ0) is 30.1. The van der Waals surface area contributed by atoms with Crippen LogP contribution in [0.2, 0.25) is 0 Å². The molecular formula is C26H21F6N5O3S2. The standard InChI is InChI=1S/C26H21F6N5O3S2/c27-25(28,29)18-3-1-17(2-4-18)21-16-22(26(30,31)32)37-23(34-21)15-19(35-37)5-6-20-7-8-24(41-20)42(38,39)33-9-10-36-11-13-40-14-12-36/h1-4,7-8,15-16,33H,9-14H2. The Morgan fingerprint density at radius 3 is 2.33 bits per heavy atom. The molecule has 222 valence electrons. The summed E-state index contributed by atoms with van der Waals surface area (Å²) in [6.45, 7) is 3.38. The average Bonchev–Trinajstić information content (AvgIpc) is 3.58. The largest absolute Gasteiger partial charge is 0.433 e. The van der Waals surface area contributed by atoms with Crippen LogP contribution in [0.5, 0.6) is 0 Å². The Labute approximate surface area is 240 Å². The molecule has 1 aromatic carbocycles. The van der Waals surface area contributed by atoms with Crippen molar-refractivity contribution in [2.75, 3.05) is 39.4 Å². The number of rotatable bonds is 6. The van der Waals surface area contributed by atoms with E-state index in [4.69, 9.17) is 4.74 Å². The molecule has 4 heterocycles. The lowest BCUT2D eigenvalue weighted by Crippen LogP contribution is -2.41. The van der Waals surface area contributed by atoms with Crippen molar-refractivity contribution in [2.24, 2.45) is 0 Å². The highest BCUT2D eigenvalue weighted by Crippen LogP contribution is 2.34. The van der Waals surface area contributed by atoms with Gasteiger partial charge in [0.2, 0.25) is 10.0 Å². The molecule has 16 heteroatoms. The Bertz CT molecular complexity index is 1750. The monoisotopic (exact) mass is 629 g/mol. The lowest BCUT2D eigenvalue weighted by Gasteiger charge is -2.26. The number of hydrogen-bond acceptors (Lipinski definition) is 7. The van der Waals surface area contributed by atoms with Crippen LogP contribution in [0.3, 0.4) is 0 Å². The predicted molar refractivity (Wildman–Crippen MR) is 141 cm³/mol. The molecule has 0 aliphatic carbocycles. The van der Waals surface area contributed by atoms with Crippen LogP contribution in [-0.4, -0.2) is 67.3 Å². The van der Waals surface area contributed by atoms with Crippen LogP contribution >= 0.6 is 11.3 Å². The number of nitrogens with zero attached hydrogens (tertiary/aromatic N) is 4. The first-order chi connectivity index (χ1) is 19.8. The molecule has 0 amide bonds. The first kappa shape index (κ1) is 30.0. The Morgan fingerprint density at radius 1 is 0.952 bits per heavy atom. The first-order valence-corrected chi connectivity index (χ1v) is 14.7. The second-order valence-electron chi connectivity index (χ2n) is 9.12. The van der Waals surface area contributed by atoms with Crippen molar-refractivity contribution < 1.29 is 39.5 Å². The molecule has 5 rings (SSSR count). The second kappa shape index (κ2) is 11.7. The van der Waals surface area contributed by atoms with Crippen molar-refractivity contribution >= 4 is 27.0 Å². The Hall–Kier alpha value is -3.49. The number of hydrogen-bond donors (Lipinski definition) is 1. The third-order valence-electron chi connectivity index (χ3n) is 6.21. The summed E-state index contributed by atoms with van der Waals surface area (Å²) in [6, 6.07) is 8.36. The summed E-state index contributed by atoms with van der Waals surface area (Å²) < 4.78 is 114. The molecule has 0 unspecified atom stereocenters. The molecule has 1 aliphatic heterocycles. The number of alkyl halides is 6. The van der Waals surface area contributed by atoms with Gasteiger partial charge in [-0.25, -0.2) is 22.6 Å². The highest BCUT2D eigenvalue weighted by molar-refractivity contribution is 7.91. The second-order valence-corrected chi connectivity index (χ2v) is 12.2. The van der Waals surface area contributed by atoms with Crippen molar-refractivity contribution in [1.82, 2.24) is 24.2 Å².